The van der Waals surface area contributed by atoms with Crippen LogP contribution in [0.2, 0.25) is 0 Å². The van der Waals surface area contributed by atoms with Gasteiger partial charge in [0.05, 0.1) is 15.9 Å². The van der Waals surface area contributed by atoms with E-state index < -0.39 is 22.0 Å². The predicted molar refractivity (Wildman–Crippen MR) is 99.8 cm³/mol. The third kappa shape index (κ3) is 4.45. The van der Waals surface area contributed by atoms with Crippen molar-refractivity contribution in [3.8, 4) is 0 Å². The molecule has 1 atom stereocenters. The Hall–Kier alpha value is -2.46. The van der Waals surface area contributed by atoms with Gasteiger partial charge < -0.3 is 15.0 Å². The molecule has 27 heavy (non-hydrogen) atoms. The lowest BCUT2D eigenvalue weighted by atomic mass is 10.2. The number of carbonyl (C=O) groups excluding carboxylic acids is 1. The summed E-state index contributed by atoms with van der Waals surface area (Å²) >= 11 is 0. The van der Waals surface area contributed by atoms with Crippen LogP contribution in [0.25, 0.3) is 11.0 Å². The summed E-state index contributed by atoms with van der Waals surface area (Å²) < 4.78 is 27.7. The molecule has 1 aromatic carbocycles. The molecule has 9 nitrogen and oxygen atoms in total. The quantitative estimate of drug-likeness (QED) is 0.682. The molecule has 0 aliphatic rings. The molecular formula is C17H24N4O5S. The van der Waals surface area contributed by atoms with E-state index in [4.69, 9.17) is 5.11 Å². The minimum atomic E-state index is -3.56. The zero-order chi connectivity index (χ0) is 20.4. The molecule has 0 saturated heterocycles. The third-order valence-corrected chi connectivity index (χ3v) is 6.03. The van der Waals surface area contributed by atoms with Crippen LogP contribution in [-0.2, 0) is 32.6 Å². The van der Waals surface area contributed by atoms with Crippen LogP contribution < -0.4 is 5.32 Å². The van der Waals surface area contributed by atoms with Crippen molar-refractivity contribution in [3.63, 3.8) is 0 Å². The molecule has 1 aromatic heterocycles. The maximum absolute atomic E-state index is 12.3. The minimum absolute atomic E-state index is 0.0871. The summed E-state index contributed by atoms with van der Waals surface area (Å²) in [5.41, 5.74) is 1.32. The van der Waals surface area contributed by atoms with E-state index in [-0.39, 0.29) is 17.2 Å². The Morgan fingerprint density at radius 1 is 1.33 bits per heavy atom. The number of hydrogen-bond acceptors (Lipinski definition) is 5. The van der Waals surface area contributed by atoms with Crippen LogP contribution in [0.15, 0.2) is 23.1 Å². The van der Waals surface area contributed by atoms with Crippen LogP contribution in [-0.4, -0.2) is 59.4 Å². The lowest BCUT2D eigenvalue weighted by molar-refractivity contribution is -0.141. The lowest BCUT2D eigenvalue weighted by Gasteiger charge is -2.11. The standard InChI is InChI=1S/C17H24N4O5S/c1-5-21-14-7-6-12(27(25,26)20(3)4)10-13(14)19-15(21)8-9-16(22)18-11(2)17(23)24/h6-7,10-11H,5,8-9H2,1-4H3,(H,18,22)(H,23,24). The Morgan fingerprint density at radius 2 is 2.00 bits per heavy atom. The van der Waals surface area contributed by atoms with Crippen molar-refractivity contribution in [2.24, 2.45) is 0 Å². The lowest BCUT2D eigenvalue weighted by Crippen LogP contribution is -2.38. The maximum Gasteiger partial charge on any atom is 0.325 e. The van der Waals surface area contributed by atoms with E-state index in [1.807, 2.05) is 11.5 Å². The van der Waals surface area contributed by atoms with Crippen LogP contribution in [0.4, 0.5) is 0 Å². The molecule has 148 valence electrons. The first-order valence-corrected chi connectivity index (χ1v) is 9.95. The second kappa shape index (κ2) is 8.05. The van der Waals surface area contributed by atoms with Gasteiger partial charge in [0.25, 0.3) is 0 Å². The van der Waals surface area contributed by atoms with E-state index in [2.05, 4.69) is 10.3 Å². The summed E-state index contributed by atoms with van der Waals surface area (Å²) in [6, 6.07) is 3.81. The van der Waals surface area contributed by atoms with Crippen molar-refractivity contribution in [3.05, 3.63) is 24.0 Å². The molecule has 1 amide bonds. The topological polar surface area (TPSA) is 122 Å². The number of imidazole rings is 1. The molecule has 0 fully saturated rings. The van der Waals surface area contributed by atoms with E-state index in [1.165, 1.54) is 33.2 Å². The molecular weight excluding hydrogens is 372 g/mol. The number of rotatable bonds is 8. The van der Waals surface area contributed by atoms with Gasteiger partial charge >= 0.3 is 5.97 Å². The molecule has 1 heterocycles. The summed E-state index contributed by atoms with van der Waals surface area (Å²) in [6.45, 7) is 3.94. The SMILES string of the molecule is CCn1c(CCC(=O)NC(C)C(=O)O)nc2cc(S(=O)(=O)N(C)C)ccc21. The molecule has 0 saturated carbocycles. The molecule has 0 spiro atoms. The number of carbonyl (C=O) groups is 2. The number of aromatic nitrogens is 2. The highest BCUT2D eigenvalue weighted by atomic mass is 32.2. The third-order valence-electron chi connectivity index (χ3n) is 4.22. The van der Waals surface area contributed by atoms with Crippen molar-refractivity contribution < 1.29 is 23.1 Å². The van der Waals surface area contributed by atoms with Crippen LogP contribution in [0.3, 0.4) is 0 Å². The van der Waals surface area contributed by atoms with E-state index in [1.54, 1.807) is 6.07 Å². The van der Waals surface area contributed by atoms with Gasteiger partial charge in [-0.1, -0.05) is 0 Å². The molecule has 2 N–H and O–H groups in total. The Bertz CT molecular complexity index is 965. The van der Waals surface area contributed by atoms with Crippen molar-refractivity contribution in [1.82, 2.24) is 19.2 Å². The zero-order valence-corrected chi connectivity index (χ0v) is 16.6. The first-order chi connectivity index (χ1) is 12.6. The van der Waals surface area contributed by atoms with Gasteiger partial charge in [0, 0.05) is 33.5 Å². The van der Waals surface area contributed by atoms with Gasteiger partial charge in [0.2, 0.25) is 15.9 Å². The fourth-order valence-electron chi connectivity index (χ4n) is 2.68. The fraction of sp³-hybridized carbons (Fsp3) is 0.471. The Labute approximate surface area is 158 Å². The minimum Gasteiger partial charge on any atom is -0.480 e. The number of sulfonamides is 1. The van der Waals surface area contributed by atoms with Crippen molar-refractivity contribution in [2.45, 2.75) is 44.2 Å². The number of carboxylic acid groups (broad SMARTS) is 1. The average molecular weight is 396 g/mol. The van der Waals surface area contributed by atoms with Crippen molar-refractivity contribution in [2.75, 3.05) is 14.1 Å². The largest absolute Gasteiger partial charge is 0.480 e. The highest BCUT2D eigenvalue weighted by Crippen LogP contribution is 2.22. The Balaban J connectivity index is 2.27. The van der Waals surface area contributed by atoms with Crippen LogP contribution >= 0.6 is 0 Å². The van der Waals surface area contributed by atoms with E-state index in [9.17, 15) is 18.0 Å². The number of hydrogen-bond donors (Lipinski definition) is 2. The summed E-state index contributed by atoms with van der Waals surface area (Å²) in [5, 5.41) is 11.2. The van der Waals surface area contributed by atoms with E-state index >= 15 is 0 Å². The Kier molecular flexibility index (Phi) is 6.22. The number of aliphatic carboxylic acids is 1. The van der Waals surface area contributed by atoms with Gasteiger partial charge in [0.1, 0.15) is 11.9 Å². The highest BCUT2D eigenvalue weighted by molar-refractivity contribution is 7.89. The zero-order valence-electron chi connectivity index (χ0n) is 15.8. The first-order valence-electron chi connectivity index (χ1n) is 8.51. The summed E-state index contributed by atoms with van der Waals surface area (Å²) in [4.78, 5) is 27.4. The van der Waals surface area contributed by atoms with Crippen LogP contribution in [0, 0.1) is 0 Å². The van der Waals surface area contributed by atoms with Gasteiger partial charge in [-0.15, -0.1) is 0 Å². The van der Waals surface area contributed by atoms with Crippen LogP contribution in [0.5, 0.6) is 0 Å². The monoisotopic (exact) mass is 396 g/mol. The van der Waals surface area contributed by atoms with Gasteiger partial charge in [-0.3, -0.25) is 9.59 Å². The molecule has 10 heteroatoms. The average Bonchev–Trinajstić information content (AvgIpc) is 2.96. The fourth-order valence-corrected chi connectivity index (χ4v) is 3.60. The maximum atomic E-state index is 12.3. The molecule has 2 aromatic rings. The van der Waals surface area contributed by atoms with Crippen molar-refractivity contribution in [1.29, 1.82) is 0 Å². The molecule has 0 aliphatic carbocycles. The highest BCUT2D eigenvalue weighted by Gasteiger charge is 2.20. The molecule has 0 radical (unpaired) electrons. The second-order valence-electron chi connectivity index (χ2n) is 6.34. The molecule has 0 aliphatic heterocycles. The van der Waals surface area contributed by atoms with Gasteiger partial charge in [0.15, 0.2) is 0 Å². The van der Waals surface area contributed by atoms with E-state index in [0.717, 1.165) is 9.82 Å². The summed E-state index contributed by atoms with van der Waals surface area (Å²) in [6.07, 6.45) is 0.403. The second-order valence-corrected chi connectivity index (χ2v) is 8.49. The number of aryl methyl sites for hydroxylation is 2. The van der Waals surface area contributed by atoms with Crippen LogP contribution in [0.1, 0.15) is 26.1 Å². The summed E-state index contributed by atoms with van der Waals surface area (Å²) in [7, 11) is -0.632. The number of nitrogens with zero attached hydrogens (tertiary/aromatic N) is 3. The van der Waals surface area contributed by atoms with Gasteiger partial charge in [-0.25, -0.2) is 17.7 Å². The number of amides is 1. The first kappa shape index (κ1) is 20.8. The van der Waals surface area contributed by atoms with E-state index in [0.29, 0.717) is 24.3 Å². The van der Waals surface area contributed by atoms with Gasteiger partial charge in [-0.05, 0) is 32.0 Å². The predicted octanol–water partition coefficient (Wildman–Crippen LogP) is 0.828. The molecule has 2 rings (SSSR count). The number of benzene rings is 1. The van der Waals surface area contributed by atoms with Crippen molar-refractivity contribution >= 4 is 32.9 Å². The Morgan fingerprint density at radius 3 is 2.56 bits per heavy atom. The number of carboxylic acids is 1. The molecule has 0 bridgehead atoms. The normalized spacial score (nSPS) is 13.1. The smallest absolute Gasteiger partial charge is 0.325 e. The molecule has 1 unspecified atom stereocenters. The van der Waals surface area contributed by atoms with Gasteiger partial charge in [-0.2, -0.15) is 0 Å². The number of fused-ring (bicyclic) bond motifs is 1. The summed E-state index contributed by atoms with van der Waals surface area (Å²) in [5.74, 6) is -0.834. The number of nitrogens with one attached hydrogen (secondary N) is 1.